The van der Waals surface area contributed by atoms with E-state index in [1.807, 2.05) is 13.0 Å². The first kappa shape index (κ1) is 12.5. The molecule has 2 nitrogen and oxygen atoms in total. The van der Waals surface area contributed by atoms with Gasteiger partial charge in [0.25, 0.3) is 0 Å². The van der Waals surface area contributed by atoms with Gasteiger partial charge in [-0.3, -0.25) is 0 Å². The Labute approximate surface area is 102 Å². The number of hydrogen-bond acceptors (Lipinski definition) is 2. The number of hydrogen-bond donors (Lipinski definition) is 2. The van der Waals surface area contributed by atoms with Crippen LogP contribution < -0.4 is 5.32 Å². The highest BCUT2D eigenvalue weighted by Gasteiger charge is 2.29. The van der Waals surface area contributed by atoms with Gasteiger partial charge in [0, 0.05) is 12.6 Å². The predicted molar refractivity (Wildman–Crippen MR) is 66.3 cm³/mol. The van der Waals surface area contributed by atoms with Gasteiger partial charge >= 0.3 is 0 Å². The highest BCUT2D eigenvalue weighted by molar-refractivity contribution is 5.25. The Morgan fingerprint density at radius 3 is 2.76 bits per heavy atom. The van der Waals surface area contributed by atoms with Crippen LogP contribution in [0.25, 0.3) is 0 Å². The Hall–Kier alpha value is -0.930. The van der Waals surface area contributed by atoms with Crippen LogP contribution in [0.15, 0.2) is 18.2 Å². The van der Waals surface area contributed by atoms with Gasteiger partial charge in [-0.05, 0) is 49.8 Å². The molecule has 0 radical (unpaired) electrons. The van der Waals surface area contributed by atoms with Crippen molar-refractivity contribution in [1.29, 1.82) is 0 Å². The lowest BCUT2D eigenvalue weighted by molar-refractivity contribution is 0.145. The van der Waals surface area contributed by atoms with Crippen molar-refractivity contribution >= 4 is 0 Å². The fourth-order valence-corrected chi connectivity index (χ4v) is 1.94. The van der Waals surface area contributed by atoms with E-state index >= 15 is 0 Å². The molecule has 0 amide bonds. The number of aliphatic hydroxyl groups excluding tert-OH is 1. The summed E-state index contributed by atoms with van der Waals surface area (Å²) in [5.41, 5.74) is 1.59. The summed E-state index contributed by atoms with van der Waals surface area (Å²) >= 11 is 0. The minimum atomic E-state index is -0.257. The second kappa shape index (κ2) is 5.15. The second-order valence-electron chi connectivity index (χ2n) is 5.04. The number of nitrogens with one attached hydrogen (secondary N) is 1. The summed E-state index contributed by atoms with van der Waals surface area (Å²) in [6, 6.07) is 5.36. The number of rotatable bonds is 5. The molecule has 0 spiro atoms. The van der Waals surface area contributed by atoms with Crippen LogP contribution in [0.2, 0.25) is 0 Å². The first-order valence-electron chi connectivity index (χ1n) is 6.25. The van der Waals surface area contributed by atoms with Crippen molar-refractivity contribution in [2.24, 2.45) is 5.92 Å². The maximum absolute atomic E-state index is 13.4. The molecule has 3 heteroatoms. The zero-order chi connectivity index (χ0) is 12.4. The van der Waals surface area contributed by atoms with Crippen LogP contribution in [-0.4, -0.2) is 17.8 Å². The van der Waals surface area contributed by atoms with E-state index in [9.17, 15) is 9.50 Å². The van der Waals surface area contributed by atoms with Gasteiger partial charge in [-0.15, -0.1) is 0 Å². The van der Waals surface area contributed by atoms with Gasteiger partial charge in [-0.1, -0.05) is 12.1 Å². The molecular weight excluding hydrogens is 217 g/mol. The van der Waals surface area contributed by atoms with Crippen molar-refractivity contribution in [3.8, 4) is 0 Å². The van der Waals surface area contributed by atoms with Gasteiger partial charge in [0.1, 0.15) is 5.82 Å². The Kier molecular flexibility index (Phi) is 3.79. The minimum absolute atomic E-state index is 0.0681. The molecule has 0 bridgehead atoms. The number of benzene rings is 1. The van der Waals surface area contributed by atoms with Crippen LogP contribution in [0.4, 0.5) is 4.39 Å². The summed E-state index contributed by atoms with van der Waals surface area (Å²) in [6.07, 6.45) is 2.01. The van der Waals surface area contributed by atoms with Gasteiger partial charge in [-0.2, -0.15) is 0 Å². The van der Waals surface area contributed by atoms with Crippen LogP contribution in [0.1, 0.15) is 36.9 Å². The molecule has 0 aromatic heterocycles. The summed E-state index contributed by atoms with van der Waals surface area (Å²) < 4.78 is 13.4. The molecule has 0 aliphatic heterocycles. The SMILES string of the molecule is Cc1ccc(C(C)NCC(O)C2CC2)cc1F. The topological polar surface area (TPSA) is 32.3 Å². The molecule has 1 fully saturated rings. The summed E-state index contributed by atoms with van der Waals surface area (Å²) in [6.45, 7) is 4.33. The summed E-state index contributed by atoms with van der Waals surface area (Å²) in [5.74, 6) is 0.309. The van der Waals surface area contributed by atoms with Crippen molar-refractivity contribution in [1.82, 2.24) is 5.32 Å². The van der Waals surface area contributed by atoms with Crippen LogP contribution in [0.5, 0.6) is 0 Å². The third-order valence-electron chi connectivity index (χ3n) is 3.50. The zero-order valence-corrected chi connectivity index (χ0v) is 10.4. The van der Waals surface area contributed by atoms with Crippen molar-refractivity contribution in [2.75, 3.05) is 6.54 Å². The molecule has 1 aliphatic rings. The summed E-state index contributed by atoms with van der Waals surface area (Å²) in [4.78, 5) is 0. The van der Waals surface area contributed by atoms with E-state index in [0.717, 1.165) is 18.4 Å². The Morgan fingerprint density at radius 2 is 2.18 bits per heavy atom. The van der Waals surface area contributed by atoms with Crippen molar-refractivity contribution < 1.29 is 9.50 Å². The molecule has 1 saturated carbocycles. The Bertz CT molecular complexity index is 390. The van der Waals surface area contributed by atoms with E-state index in [2.05, 4.69) is 5.32 Å². The van der Waals surface area contributed by atoms with E-state index < -0.39 is 0 Å². The largest absolute Gasteiger partial charge is 0.392 e. The first-order valence-corrected chi connectivity index (χ1v) is 6.25. The summed E-state index contributed by atoms with van der Waals surface area (Å²) in [5, 5.41) is 13.0. The van der Waals surface area contributed by atoms with E-state index in [0.29, 0.717) is 18.0 Å². The van der Waals surface area contributed by atoms with Crippen molar-refractivity contribution in [3.05, 3.63) is 35.1 Å². The van der Waals surface area contributed by atoms with Crippen LogP contribution >= 0.6 is 0 Å². The molecule has 1 aliphatic carbocycles. The summed E-state index contributed by atoms with van der Waals surface area (Å²) in [7, 11) is 0. The molecule has 2 rings (SSSR count). The minimum Gasteiger partial charge on any atom is -0.392 e. The predicted octanol–water partition coefficient (Wildman–Crippen LogP) is 2.56. The van der Waals surface area contributed by atoms with Crippen LogP contribution in [0.3, 0.4) is 0 Å². The van der Waals surface area contributed by atoms with Crippen molar-refractivity contribution in [2.45, 2.75) is 38.8 Å². The van der Waals surface area contributed by atoms with Gasteiger partial charge in [-0.25, -0.2) is 4.39 Å². The van der Waals surface area contributed by atoms with E-state index in [4.69, 9.17) is 0 Å². The zero-order valence-electron chi connectivity index (χ0n) is 10.4. The molecule has 2 N–H and O–H groups in total. The molecule has 2 unspecified atom stereocenters. The molecule has 1 aromatic carbocycles. The average molecular weight is 237 g/mol. The van der Waals surface area contributed by atoms with Crippen LogP contribution in [0, 0.1) is 18.7 Å². The van der Waals surface area contributed by atoms with E-state index in [1.54, 1.807) is 19.1 Å². The normalized spacial score (nSPS) is 19.1. The van der Waals surface area contributed by atoms with Gasteiger partial charge in [0.15, 0.2) is 0 Å². The maximum Gasteiger partial charge on any atom is 0.126 e. The Balaban J connectivity index is 1.89. The van der Waals surface area contributed by atoms with Crippen LogP contribution in [-0.2, 0) is 0 Å². The molecule has 17 heavy (non-hydrogen) atoms. The van der Waals surface area contributed by atoms with Crippen molar-refractivity contribution in [3.63, 3.8) is 0 Å². The highest BCUT2D eigenvalue weighted by atomic mass is 19.1. The molecule has 2 atom stereocenters. The van der Waals surface area contributed by atoms with Gasteiger partial charge in [0.2, 0.25) is 0 Å². The number of halogens is 1. The molecule has 94 valence electrons. The maximum atomic E-state index is 13.4. The second-order valence-corrected chi connectivity index (χ2v) is 5.04. The molecular formula is C14H20FNO. The fourth-order valence-electron chi connectivity index (χ4n) is 1.94. The lowest BCUT2D eigenvalue weighted by atomic mass is 10.1. The Morgan fingerprint density at radius 1 is 1.47 bits per heavy atom. The number of aliphatic hydroxyl groups is 1. The smallest absolute Gasteiger partial charge is 0.126 e. The lowest BCUT2D eigenvalue weighted by Crippen LogP contribution is -2.30. The first-order chi connectivity index (χ1) is 8.08. The quantitative estimate of drug-likeness (QED) is 0.825. The molecule has 1 aromatic rings. The highest BCUT2D eigenvalue weighted by Crippen LogP contribution is 2.32. The van der Waals surface area contributed by atoms with Gasteiger partial charge in [0.05, 0.1) is 6.10 Å². The lowest BCUT2D eigenvalue weighted by Gasteiger charge is -2.17. The monoisotopic (exact) mass is 237 g/mol. The van der Waals surface area contributed by atoms with E-state index in [1.165, 1.54) is 0 Å². The standard InChI is InChI=1S/C14H20FNO/c1-9-3-4-12(7-13(9)15)10(2)16-8-14(17)11-5-6-11/h3-4,7,10-11,14,16-17H,5-6,8H2,1-2H3. The van der Waals surface area contributed by atoms with E-state index in [-0.39, 0.29) is 18.0 Å². The molecule has 0 saturated heterocycles. The third-order valence-corrected chi connectivity index (χ3v) is 3.50. The molecule has 0 heterocycles. The average Bonchev–Trinajstić information content (AvgIpc) is 3.13. The number of aryl methyl sites for hydroxylation is 1. The van der Waals surface area contributed by atoms with Gasteiger partial charge < -0.3 is 10.4 Å². The third kappa shape index (κ3) is 3.27. The fraction of sp³-hybridized carbons (Fsp3) is 0.571.